The van der Waals surface area contributed by atoms with Crippen molar-refractivity contribution in [1.82, 2.24) is 4.90 Å². The SMILES string of the molecule is C=C1Cc2cc(C(=O)CSCCCCCCN(C)C)c(C)cc2N1. The van der Waals surface area contributed by atoms with Gasteiger partial charge in [-0.25, -0.2) is 0 Å². The number of hydrogen-bond donors (Lipinski definition) is 1. The van der Waals surface area contributed by atoms with Gasteiger partial charge in [-0.05, 0) is 69.4 Å². The van der Waals surface area contributed by atoms with E-state index < -0.39 is 0 Å². The summed E-state index contributed by atoms with van der Waals surface area (Å²) in [5, 5.41) is 3.27. The van der Waals surface area contributed by atoms with E-state index in [1.54, 1.807) is 11.8 Å². The van der Waals surface area contributed by atoms with Crippen LogP contribution in [0.25, 0.3) is 0 Å². The van der Waals surface area contributed by atoms with Gasteiger partial charge in [0.25, 0.3) is 0 Å². The highest BCUT2D eigenvalue weighted by Gasteiger charge is 2.18. The van der Waals surface area contributed by atoms with Gasteiger partial charge in [0.15, 0.2) is 5.78 Å². The minimum Gasteiger partial charge on any atom is -0.359 e. The van der Waals surface area contributed by atoms with Crippen molar-refractivity contribution in [2.24, 2.45) is 0 Å². The normalized spacial score (nSPS) is 13.2. The van der Waals surface area contributed by atoms with Gasteiger partial charge in [-0.15, -0.1) is 0 Å². The Labute approximate surface area is 150 Å². The van der Waals surface area contributed by atoms with Crippen LogP contribution in [-0.2, 0) is 6.42 Å². The number of carbonyl (C=O) groups is 1. The number of hydrogen-bond acceptors (Lipinski definition) is 4. The fourth-order valence-corrected chi connectivity index (χ4v) is 3.90. The first-order valence-electron chi connectivity index (χ1n) is 8.81. The number of Topliss-reactive ketones (excluding diaryl/α,β-unsaturated/α-hetero) is 1. The lowest BCUT2D eigenvalue weighted by Gasteiger charge is -2.09. The Hall–Kier alpha value is -1.26. The molecule has 1 aromatic rings. The largest absolute Gasteiger partial charge is 0.359 e. The van der Waals surface area contributed by atoms with E-state index in [1.807, 2.05) is 6.92 Å². The van der Waals surface area contributed by atoms with E-state index in [1.165, 1.54) is 37.8 Å². The van der Waals surface area contributed by atoms with Crippen LogP contribution in [0.15, 0.2) is 24.4 Å². The number of nitrogens with zero attached hydrogens (tertiary/aromatic N) is 1. The summed E-state index contributed by atoms with van der Waals surface area (Å²) < 4.78 is 0. The maximum atomic E-state index is 12.5. The Kier molecular flexibility index (Phi) is 7.38. The molecule has 0 saturated heterocycles. The quantitative estimate of drug-likeness (QED) is 0.499. The molecule has 0 aromatic heterocycles. The molecular formula is C20H30N2OS. The molecule has 132 valence electrons. The smallest absolute Gasteiger partial charge is 0.172 e. The molecule has 0 aliphatic carbocycles. The molecule has 0 fully saturated rings. The van der Waals surface area contributed by atoms with Crippen molar-refractivity contribution < 1.29 is 4.79 Å². The van der Waals surface area contributed by atoms with Gasteiger partial charge in [0.05, 0.1) is 5.75 Å². The zero-order valence-electron chi connectivity index (χ0n) is 15.3. The highest BCUT2D eigenvalue weighted by Crippen LogP contribution is 2.30. The molecule has 3 nitrogen and oxygen atoms in total. The molecule has 1 aromatic carbocycles. The number of benzene rings is 1. The molecule has 1 aliphatic heterocycles. The first-order valence-corrected chi connectivity index (χ1v) is 9.97. The van der Waals surface area contributed by atoms with Crippen molar-refractivity contribution in [3.05, 3.63) is 41.1 Å². The van der Waals surface area contributed by atoms with Crippen LogP contribution < -0.4 is 5.32 Å². The summed E-state index contributed by atoms with van der Waals surface area (Å²) in [7, 11) is 4.24. The van der Waals surface area contributed by atoms with Crippen molar-refractivity contribution in [2.45, 2.75) is 39.0 Å². The summed E-state index contributed by atoms with van der Waals surface area (Å²) in [5.41, 5.74) is 5.26. The van der Waals surface area contributed by atoms with Gasteiger partial charge in [0, 0.05) is 23.4 Å². The third-order valence-electron chi connectivity index (χ3n) is 4.34. The highest BCUT2D eigenvalue weighted by molar-refractivity contribution is 7.99. The van der Waals surface area contributed by atoms with Crippen LogP contribution in [0.5, 0.6) is 0 Å². The van der Waals surface area contributed by atoms with E-state index >= 15 is 0 Å². The second-order valence-corrected chi connectivity index (χ2v) is 8.03. The van der Waals surface area contributed by atoms with Crippen LogP contribution in [0.2, 0.25) is 0 Å². The number of carbonyl (C=O) groups excluding carboxylic acids is 1. The van der Waals surface area contributed by atoms with Crippen LogP contribution in [0.3, 0.4) is 0 Å². The number of ketones is 1. The minimum absolute atomic E-state index is 0.255. The zero-order valence-corrected chi connectivity index (χ0v) is 16.1. The molecule has 0 atom stereocenters. The van der Waals surface area contributed by atoms with E-state index in [0.29, 0.717) is 5.75 Å². The van der Waals surface area contributed by atoms with Gasteiger partial charge in [-0.3, -0.25) is 4.79 Å². The molecule has 1 heterocycles. The summed E-state index contributed by atoms with van der Waals surface area (Å²) in [6.07, 6.45) is 5.85. The maximum absolute atomic E-state index is 12.5. The van der Waals surface area contributed by atoms with Gasteiger partial charge in [0.2, 0.25) is 0 Å². The number of nitrogens with one attached hydrogen (secondary N) is 1. The van der Waals surface area contributed by atoms with E-state index in [-0.39, 0.29) is 5.78 Å². The van der Waals surface area contributed by atoms with Crippen molar-refractivity contribution in [2.75, 3.05) is 37.5 Å². The molecule has 1 N–H and O–H groups in total. The van der Waals surface area contributed by atoms with Crippen molar-refractivity contribution in [3.8, 4) is 0 Å². The fraction of sp³-hybridized carbons (Fsp3) is 0.550. The number of unbranched alkanes of at least 4 members (excludes halogenated alkanes) is 3. The third kappa shape index (κ3) is 5.67. The van der Waals surface area contributed by atoms with Gasteiger partial charge in [0.1, 0.15) is 0 Å². The molecule has 0 bridgehead atoms. The van der Waals surface area contributed by atoms with E-state index in [4.69, 9.17) is 0 Å². The molecule has 24 heavy (non-hydrogen) atoms. The Morgan fingerprint density at radius 1 is 1.25 bits per heavy atom. The van der Waals surface area contributed by atoms with Gasteiger partial charge in [-0.1, -0.05) is 19.4 Å². The second kappa shape index (κ2) is 9.28. The standard InChI is InChI=1S/C20H30N2OS/c1-15-11-19-17(12-16(2)21-19)13-18(15)20(23)14-24-10-8-6-5-7-9-22(3)4/h11,13,21H,2,5-10,12,14H2,1,3-4H3. The molecule has 0 radical (unpaired) electrons. The summed E-state index contributed by atoms with van der Waals surface area (Å²) in [6.45, 7) is 7.16. The van der Waals surface area contributed by atoms with Crippen molar-refractivity contribution in [3.63, 3.8) is 0 Å². The van der Waals surface area contributed by atoms with Gasteiger partial charge in [-0.2, -0.15) is 11.8 Å². The first-order chi connectivity index (χ1) is 11.5. The summed E-state index contributed by atoms with van der Waals surface area (Å²) in [4.78, 5) is 14.7. The number of rotatable bonds is 10. The predicted molar refractivity (Wildman–Crippen MR) is 106 cm³/mol. The average molecular weight is 347 g/mol. The average Bonchev–Trinajstić information content (AvgIpc) is 2.87. The molecule has 0 saturated carbocycles. The topological polar surface area (TPSA) is 32.3 Å². The van der Waals surface area contributed by atoms with E-state index in [9.17, 15) is 4.79 Å². The fourth-order valence-electron chi connectivity index (χ4n) is 3.01. The number of aryl methyl sites for hydroxylation is 1. The molecule has 0 amide bonds. The second-order valence-electron chi connectivity index (χ2n) is 6.92. The maximum Gasteiger partial charge on any atom is 0.172 e. The summed E-state index contributed by atoms with van der Waals surface area (Å²) >= 11 is 1.77. The zero-order chi connectivity index (χ0) is 17.5. The lowest BCUT2D eigenvalue weighted by Crippen LogP contribution is -2.12. The highest BCUT2D eigenvalue weighted by atomic mass is 32.2. The molecule has 0 unspecified atom stereocenters. The molecular weight excluding hydrogens is 316 g/mol. The first kappa shape index (κ1) is 19.1. The molecule has 2 rings (SSSR count). The van der Waals surface area contributed by atoms with Crippen LogP contribution in [-0.4, -0.2) is 42.8 Å². The van der Waals surface area contributed by atoms with E-state index in [2.05, 4.69) is 43.0 Å². The third-order valence-corrected chi connectivity index (χ3v) is 5.39. The Bertz CT molecular complexity index is 596. The molecule has 4 heteroatoms. The van der Waals surface area contributed by atoms with E-state index in [0.717, 1.165) is 34.7 Å². The summed E-state index contributed by atoms with van der Waals surface area (Å²) in [6, 6.07) is 4.14. The number of fused-ring (bicyclic) bond motifs is 1. The minimum atomic E-state index is 0.255. The number of thioether (sulfide) groups is 1. The van der Waals surface area contributed by atoms with Crippen molar-refractivity contribution >= 4 is 23.2 Å². The lowest BCUT2D eigenvalue weighted by atomic mass is 10.0. The summed E-state index contributed by atoms with van der Waals surface area (Å²) in [5.74, 6) is 1.92. The molecule has 1 aliphatic rings. The van der Waals surface area contributed by atoms with Crippen LogP contribution >= 0.6 is 11.8 Å². The van der Waals surface area contributed by atoms with Gasteiger partial charge >= 0.3 is 0 Å². The molecule has 0 spiro atoms. The van der Waals surface area contributed by atoms with Gasteiger partial charge < -0.3 is 10.2 Å². The van der Waals surface area contributed by atoms with Crippen molar-refractivity contribution in [1.29, 1.82) is 0 Å². The predicted octanol–water partition coefficient (Wildman–Crippen LogP) is 4.51. The van der Waals surface area contributed by atoms with Crippen LogP contribution in [0, 0.1) is 6.92 Å². The lowest BCUT2D eigenvalue weighted by molar-refractivity contribution is 0.102. The number of anilines is 1. The Balaban J connectivity index is 1.70. The van der Waals surface area contributed by atoms with Crippen LogP contribution in [0.4, 0.5) is 5.69 Å². The number of allylic oxidation sites excluding steroid dienone is 1. The Morgan fingerprint density at radius 2 is 2.00 bits per heavy atom. The monoisotopic (exact) mass is 346 g/mol. The van der Waals surface area contributed by atoms with Crippen LogP contribution in [0.1, 0.15) is 47.2 Å². The Morgan fingerprint density at radius 3 is 2.75 bits per heavy atom.